The number of hydrogen-bond donors (Lipinski definition) is 1. The molecule has 0 saturated heterocycles. The summed E-state index contributed by atoms with van der Waals surface area (Å²) in [6.07, 6.45) is 0. The summed E-state index contributed by atoms with van der Waals surface area (Å²) >= 11 is 0. The van der Waals surface area contributed by atoms with Gasteiger partial charge in [0.05, 0.1) is 33.0 Å². The molecule has 18 heavy (non-hydrogen) atoms. The van der Waals surface area contributed by atoms with E-state index in [1.807, 2.05) is 0 Å². The monoisotopic (exact) mass is 261 g/mol. The SMILES string of the molecule is CC(C)CNCCOCCOCCOCC(C)C. The summed E-state index contributed by atoms with van der Waals surface area (Å²) in [5, 5.41) is 3.33. The highest BCUT2D eigenvalue weighted by molar-refractivity contribution is 4.49. The molecule has 0 aliphatic rings. The molecular weight excluding hydrogens is 230 g/mol. The second-order valence-electron chi connectivity index (χ2n) is 5.29. The standard InChI is InChI=1S/C14H31NO3/c1-13(2)11-15-5-6-16-7-8-17-9-10-18-12-14(3)4/h13-15H,5-12H2,1-4H3. The second-order valence-corrected chi connectivity index (χ2v) is 5.29. The molecule has 0 spiro atoms. The number of nitrogens with one attached hydrogen (secondary N) is 1. The molecule has 0 saturated carbocycles. The molecule has 0 heterocycles. The minimum absolute atomic E-state index is 0.590. The largest absolute Gasteiger partial charge is 0.379 e. The van der Waals surface area contributed by atoms with E-state index in [4.69, 9.17) is 14.2 Å². The Morgan fingerprint density at radius 3 is 1.83 bits per heavy atom. The molecular formula is C14H31NO3. The first-order chi connectivity index (χ1) is 8.63. The molecule has 0 fully saturated rings. The van der Waals surface area contributed by atoms with Gasteiger partial charge in [0.25, 0.3) is 0 Å². The van der Waals surface area contributed by atoms with Crippen molar-refractivity contribution >= 4 is 0 Å². The van der Waals surface area contributed by atoms with E-state index >= 15 is 0 Å². The maximum atomic E-state index is 5.43. The van der Waals surface area contributed by atoms with E-state index in [2.05, 4.69) is 33.0 Å². The van der Waals surface area contributed by atoms with E-state index in [1.165, 1.54) is 0 Å². The van der Waals surface area contributed by atoms with Crippen LogP contribution in [0.4, 0.5) is 0 Å². The van der Waals surface area contributed by atoms with Crippen molar-refractivity contribution in [3.8, 4) is 0 Å². The van der Waals surface area contributed by atoms with Crippen LogP contribution in [0.2, 0.25) is 0 Å². The molecule has 0 amide bonds. The van der Waals surface area contributed by atoms with Gasteiger partial charge in [0.1, 0.15) is 0 Å². The van der Waals surface area contributed by atoms with Crippen LogP contribution < -0.4 is 5.32 Å². The van der Waals surface area contributed by atoms with Crippen LogP contribution in [0, 0.1) is 11.8 Å². The Morgan fingerprint density at radius 1 is 0.722 bits per heavy atom. The van der Waals surface area contributed by atoms with Gasteiger partial charge in [-0.05, 0) is 18.4 Å². The van der Waals surface area contributed by atoms with Crippen molar-refractivity contribution in [2.75, 3.05) is 52.7 Å². The summed E-state index contributed by atoms with van der Waals surface area (Å²) in [4.78, 5) is 0. The van der Waals surface area contributed by atoms with Crippen molar-refractivity contribution in [1.29, 1.82) is 0 Å². The third kappa shape index (κ3) is 15.8. The fourth-order valence-corrected chi connectivity index (χ4v) is 1.29. The van der Waals surface area contributed by atoms with E-state index in [-0.39, 0.29) is 0 Å². The molecule has 110 valence electrons. The highest BCUT2D eigenvalue weighted by atomic mass is 16.5. The van der Waals surface area contributed by atoms with Crippen LogP contribution in [-0.2, 0) is 14.2 Å². The maximum absolute atomic E-state index is 5.43. The number of ether oxygens (including phenoxy) is 3. The van der Waals surface area contributed by atoms with Crippen molar-refractivity contribution in [3.05, 3.63) is 0 Å². The summed E-state index contributed by atoms with van der Waals surface area (Å²) in [5.74, 6) is 1.28. The molecule has 0 aromatic rings. The lowest BCUT2D eigenvalue weighted by Crippen LogP contribution is -2.24. The van der Waals surface area contributed by atoms with Crippen molar-refractivity contribution in [1.82, 2.24) is 5.32 Å². The van der Waals surface area contributed by atoms with Crippen LogP contribution in [0.1, 0.15) is 27.7 Å². The van der Waals surface area contributed by atoms with Crippen molar-refractivity contribution in [2.24, 2.45) is 11.8 Å². The van der Waals surface area contributed by atoms with Crippen molar-refractivity contribution in [2.45, 2.75) is 27.7 Å². The molecule has 0 aliphatic carbocycles. The minimum Gasteiger partial charge on any atom is -0.379 e. The highest BCUT2D eigenvalue weighted by Gasteiger charge is 1.95. The lowest BCUT2D eigenvalue weighted by molar-refractivity contribution is 0.0100. The molecule has 0 aliphatic heterocycles. The van der Waals surface area contributed by atoms with E-state index in [0.717, 1.165) is 26.3 Å². The summed E-state index contributed by atoms with van der Waals surface area (Å²) in [6.45, 7) is 14.8. The zero-order valence-corrected chi connectivity index (χ0v) is 12.5. The minimum atomic E-state index is 0.590. The zero-order chi connectivity index (χ0) is 13.6. The summed E-state index contributed by atoms with van der Waals surface area (Å²) in [5.41, 5.74) is 0. The van der Waals surface area contributed by atoms with Gasteiger partial charge in [-0.2, -0.15) is 0 Å². The Balaban J connectivity index is 2.95. The summed E-state index contributed by atoms with van der Waals surface area (Å²) in [6, 6.07) is 0. The van der Waals surface area contributed by atoms with Gasteiger partial charge in [0, 0.05) is 13.2 Å². The van der Waals surface area contributed by atoms with Crippen LogP contribution in [0.5, 0.6) is 0 Å². The first-order valence-corrected chi connectivity index (χ1v) is 7.07. The second kappa shape index (κ2) is 13.3. The third-order valence-electron chi connectivity index (χ3n) is 2.17. The Labute approximate surface area is 112 Å². The summed E-state index contributed by atoms with van der Waals surface area (Å²) < 4.78 is 16.2. The Bertz CT molecular complexity index is 145. The van der Waals surface area contributed by atoms with Gasteiger partial charge in [-0.15, -0.1) is 0 Å². The molecule has 1 N–H and O–H groups in total. The molecule has 0 bridgehead atoms. The predicted molar refractivity (Wildman–Crippen MR) is 75.0 cm³/mol. The zero-order valence-electron chi connectivity index (χ0n) is 12.5. The van der Waals surface area contributed by atoms with Gasteiger partial charge < -0.3 is 19.5 Å². The molecule has 0 aromatic heterocycles. The molecule has 0 radical (unpaired) electrons. The van der Waals surface area contributed by atoms with Gasteiger partial charge in [0.2, 0.25) is 0 Å². The van der Waals surface area contributed by atoms with E-state index in [9.17, 15) is 0 Å². The molecule has 4 nitrogen and oxygen atoms in total. The van der Waals surface area contributed by atoms with Crippen LogP contribution in [0.25, 0.3) is 0 Å². The van der Waals surface area contributed by atoms with Crippen molar-refractivity contribution in [3.63, 3.8) is 0 Å². The van der Waals surface area contributed by atoms with Gasteiger partial charge in [-0.1, -0.05) is 27.7 Å². The fraction of sp³-hybridized carbons (Fsp3) is 1.00. The third-order valence-corrected chi connectivity index (χ3v) is 2.17. The van der Waals surface area contributed by atoms with E-state index in [0.29, 0.717) is 38.3 Å². The first kappa shape index (κ1) is 17.8. The molecule has 0 aromatic carbocycles. The van der Waals surface area contributed by atoms with E-state index < -0.39 is 0 Å². The molecule has 0 unspecified atom stereocenters. The van der Waals surface area contributed by atoms with Crippen LogP contribution in [0.3, 0.4) is 0 Å². The quantitative estimate of drug-likeness (QED) is 0.514. The Morgan fingerprint density at radius 2 is 1.28 bits per heavy atom. The highest BCUT2D eigenvalue weighted by Crippen LogP contribution is 1.91. The molecule has 4 heteroatoms. The normalized spacial score (nSPS) is 11.7. The van der Waals surface area contributed by atoms with Crippen LogP contribution in [-0.4, -0.2) is 52.7 Å². The lowest BCUT2D eigenvalue weighted by Gasteiger charge is -2.09. The predicted octanol–water partition coefficient (Wildman–Crippen LogP) is 1.94. The average Bonchev–Trinajstić information content (AvgIpc) is 2.29. The average molecular weight is 261 g/mol. The summed E-state index contributed by atoms with van der Waals surface area (Å²) in [7, 11) is 0. The van der Waals surface area contributed by atoms with Gasteiger partial charge in [0.15, 0.2) is 0 Å². The maximum Gasteiger partial charge on any atom is 0.0701 e. The van der Waals surface area contributed by atoms with Gasteiger partial charge in [-0.3, -0.25) is 0 Å². The van der Waals surface area contributed by atoms with Gasteiger partial charge in [-0.25, -0.2) is 0 Å². The number of hydrogen-bond acceptors (Lipinski definition) is 4. The molecule has 0 atom stereocenters. The van der Waals surface area contributed by atoms with Crippen molar-refractivity contribution < 1.29 is 14.2 Å². The Kier molecular flexibility index (Phi) is 13.2. The smallest absolute Gasteiger partial charge is 0.0701 e. The van der Waals surface area contributed by atoms with Crippen LogP contribution >= 0.6 is 0 Å². The topological polar surface area (TPSA) is 39.7 Å². The Hall–Kier alpha value is -0.160. The van der Waals surface area contributed by atoms with Gasteiger partial charge >= 0.3 is 0 Å². The lowest BCUT2D eigenvalue weighted by atomic mass is 10.2. The first-order valence-electron chi connectivity index (χ1n) is 7.07. The van der Waals surface area contributed by atoms with Crippen LogP contribution in [0.15, 0.2) is 0 Å². The fourth-order valence-electron chi connectivity index (χ4n) is 1.29. The van der Waals surface area contributed by atoms with E-state index in [1.54, 1.807) is 0 Å². The number of rotatable bonds is 13. The molecule has 0 rings (SSSR count).